The summed E-state index contributed by atoms with van der Waals surface area (Å²) in [7, 11) is 0. The molecular weight excluding hydrogens is 142 g/mol. The third kappa shape index (κ3) is 6.83. The van der Waals surface area contributed by atoms with E-state index in [1.54, 1.807) is 6.21 Å². The van der Waals surface area contributed by atoms with Crippen molar-refractivity contribution in [2.75, 3.05) is 6.54 Å². The SMILES string of the molecule is CCC(C)N/N=C/CNC=O. The van der Waals surface area contributed by atoms with Gasteiger partial charge in [-0.15, -0.1) is 0 Å². The molecule has 0 radical (unpaired) electrons. The van der Waals surface area contributed by atoms with Gasteiger partial charge in [0.05, 0.1) is 6.54 Å². The van der Waals surface area contributed by atoms with Gasteiger partial charge in [0, 0.05) is 12.3 Å². The Kier molecular flexibility index (Phi) is 6.37. The normalized spacial score (nSPS) is 12.9. The maximum atomic E-state index is 9.76. The first-order valence-electron chi connectivity index (χ1n) is 3.75. The molecule has 1 amide bonds. The van der Waals surface area contributed by atoms with Gasteiger partial charge < -0.3 is 10.7 Å². The lowest BCUT2D eigenvalue weighted by atomic mass is 10.3. The van der Waals surface area contributed by atoms with Gasteiger partial charge in [0.1, 0.15) is 0 Å². The van der Waals surface area contributed by atoms with Crippen LogP contribution in [-0.2, 0) is 4.79 Å². The van der Waals surface area contributed by atoms with Crippen LogP contribution in [0.1, 0.15) is 20.3 Å². The van der Waals surface area contributed by atoms with Crippen LogP contribution in [0.3, 0.4) is 0 Å². The van der Waals surface area contributed by atoms with E-state index in [-0.39, 0.29) is 0 Å². The maximum absolute atomic E-state index is 9.76. The summed E-state index contributed by atoms with van der Waals surface area (Å²) < 4.78 is 0. The Morgan fingerprint density at radius 3 is 2.91 bits per heavy atom. The monoisotopic (exact) mass is 157 g/mol. The number of carbonyl (C=O) groups is 1. The molecule has 0 saturated carbocycles. The molecule has 0 saturated heterocycles. The molecule has 0 aromatic carbocycles. The van der Waals surface area contributed by atoms with E-state index in [0.717, 1.165) is 6.42 Å². The van der Waals surface area contributed by atoms with Crippen molar-refractivity contribution in [1.29, 1.82) is 0 Å². The topological polar surface area (TPSA) is 53.5 Å². The van der Waals surface area contributed by atoms with E-state index in [0.29, 0.717) is 19.0 Å². The third-order valence-corrected chi connectivity index (χ3v) is 1.29. The quantitative estimate of drug-likeness (QED) is 0.249. The smallest absolute Gasteiger partial charge is 0.207 e. The van der Waals surface area contributed by atoms with Gasteiger partial charge in [0.15, 0.2) is 0 Å². The first-order valence-corrected chi connectivity index (χ1v) is 3.75. The molecule has 0 aliphatic heterocycles. The molecule has 2 N–H and O–H groups in total. The predicted octanol–water partition coefficient (Wildman–Crippen LogP) is 0.106. The van der Waals surface area contributed by atoms with E-state index in [9.17, 15) is 4.79 Å². The van der Waals surface area contributed by atoms with Crippen molar-refractivity contribution in [2.24, 2.45) is 5.10 Å². The summed E-state index contributed by atoms with van der Waals surface area (Å²) in [5.41, 5.74) is 2.90. The van der Waals surface area contributed by atoms with Gasteiger partial charge in [0.2, 0.25) is 6.41 Å². The molecule has 64 valence electrons. The average Bonchev–Trinajstić information content (AvgIpc) is 2.04. The molecule has 0 rings (SSSR count). The number of carbonyl (C=O) groups excluding carboxylic acids is 1. The van der Waals surface area contributed by atoms with Crippen LogP contribution < -0.4 is 10.7 Å². The van der Waals surface area contributed by atoms with Crippen LogP contribution in [0.25, 0.3) is 0 Å². The molecule has 0 fully saturated rings. The maximum Gasteiger partial charge on any atom is 0.207 e. The van der Waals surface area contributed by atoms with Gasteiger partial charge in [-0.25, -0.2) is 0 Å². The van der Waals surface area contributed by atoms with Crippen molar-refractivity contribution in [3.8, 4) is 0 Å². The Hall–Kier alpha value is -1.06. The molecule has 0 aliphatic rings. The third-order valence-electron chi connectivity index (χ3n) is 1.29. The average molecular weight is 157 g/mol. The molecule has 0 spiro atoms. The first-order chi connectivity index (χ1) is 5.31. The van der Waals surface area contributed by atoms with Crippen LogP contribution in [-0.4, -0.2) is 25.2 Å². The summed E-state index contributed by atoms with van der Waals surface area (Å²) in [5, 5.41) is 6.35. The van der Waals surface area contributed by atoms with Crippen molar-refractivity contribution in [3.63, 3.8) is 0 Å². The highest BCUT2D eigenvalue weighted by molar-refractivity contribution is 5.63. The largest absolute Gasteiger partial charge is 0.354 e. The molecular formula is C7H15N3O. The molecule has 4 nitrogen and oxygen atoms in total. The van der Waals surface area contributed by atoms with Crippen LogP contribution in [0.15, 0.2) is 5.10 Å². The van der Waals surface area contributed by atoms with Gasteiger partial charge in [-0.3, -0.25) is 4.79 Å². The van der Waals surface area contributed by atoms with E-state index in [1.165, 1.54) is 0 Å². The van der Waals surface area contributed by atoms with Gasteiger partial charge in [-0.1, -0.05) is 6.92 Å². The van der Waals surface area contributed by atoms with Gasteiger partial charge >= 0.3 is 0 Å². The first kappa shape index (κ1) is 9.94. The number of hydrazone groups is 1. The molecule has 0 aliphatic carbocycles. The second-order valence-electron chi connectivity index (χ2n) is 2.28. The number of hydrogen-bond donors (Lipinski definition) is 2. The highest BCUT2D eigenvalue weighted by atomic mass is 16.1. The summed E-state index contributed by atoms with van der Waals surface area (Å²) in [6, 6.07) is 0.391. The van der Waals surface area contributed by atoms with Crippen LogP contribution in [0.4, 0.5) is 0 Å². The summed E-state index contributed by atoms with van der Waals surface area (Å²) in [5.74, 6) is 0. The lowest BCUT2D eigenvalue weighted by Crippen LogP contribution is -2.21. The van der Waals surface area contributed by atoms with E-state index >= 15 is 0 Å². The number of hydrogen-bond acceptors (Lipinski definition) is 3. The summed E-state index contributed by atoms with van der Waals surface area (Å²) >= 11 is 0. The molecule has 1 unspecified atom stereocenters. The fraction of sp³-hybridized carbons (Fsp3) is 0.714. The van der Waals surface area contributed by atoms with Crippen LogP contribution in [0.2, 0.25) is 0 Å². The summed E-state index contributed by atoms with van der Waals surface area (Å²) in [6.45, 7) is 4.61. The van der Waals surface area contributed by atoms with E-state index in [2.05, 4.69) is 22.8 Å². The van der Waals surface area contributed by atoms with Crippen molar-refractivity contribution in [1.82, 2.24) is 10.7 Å². The number of amides is 1. The Morgan fingerprint density at radius 2 is 2.36 bits per heavy atom. The standard InChI is InChI=1S/C7H15N3O/c1-3-7(2)10-9-5-4-8-6-11/h5-7,10H,3-4H2,1-2H3,(H,8,11)/b9-5+. The molecule has 1 atom stereocenters. The Balaban J connectivity index is 3.21. The minimum atomic E-state index is 0.391. The van der Waals surface area contributed by atoms with Gasteiger partial charge in [-0.2, -0.15) is 5.10 Å². The number of nitrogens with one attached hydrogen (secondary N) is 2. The highest BCUT2D eigenvalue weighted by Gasteiger charge is 1.90. The lowest BCUT2D eigenvalue weighted by Gasteiger charge is -2.05. The van der Waals surface area contributed by atoms with Crippen LogP contribution in [0, 0.1) is 0 Å². The Bertz CT molecular complexity index is 125. The van der Waals surface area contributed by atoms with E-state index in [1.807, 2.05) is 6.92 Å². The Labute approximate surface area is 67.1 Å². The predicted molar refractivity (Wildman–Crippen MR) is 45.4 cm³/mol. The highest BCUT2D eigenvalue weighted by Crippen LogP contribution is 1.85. The van der Waals surface area contributed by atoms with Crippen LogP contribution in [0.5, 0.6) is 0 Å². The minimum Gasteiger partial charge on any atom is -0.354 e. The fourth-order valence-electron chi connectivity index (χ4n) is 0.418. The van der Waals surface area contributed by atoms with E-state index in [4.69, 9.17) is 0 Å². The summed E-state index contributed by atoms with van der Waals surface area (Å²) in [6.07, 6.45) is 3.31. The van der Waals surface area contributed by atoms with Crippen LogP contribution >= 0.6 is 0 Å². The van der Waals surface area contributed by atoms with Gasteiger partial charge in [0.25, 0.3) is 0 Å². The molecule has 11 heavy (non-hydrogen) atoms. The lowest BCUT2D eigenvalue weighted by molar-refractivity contribution is -0.109. The van der Waals surface area contributed by atoms with Crippen molar-refractivity contribution in [3.05, 3.63) is 0 Å². The van der Waals surface area contributed by atoms with Crippen molar-refractivity contribution >= 4 is 12.6 Å². The zero-order valence-corrected chi connectivity index (χ0v) is 7.00. The summed E-state index contributed by atoms with van der Waals surface area (Å²) in [4.78, 5) is 9.76. The molecule has 0 bridgehead atoms. The molecule has 0 aromatic heterocycles. The second kappa shape index (κ2) is 7.05. The molecule has 4 heteroatoms. The molecule has 0 aromatic rings. The molecule has 0 heterocycles. The van der Waals surface area contributed by atoms with Gasteiger partial charge in [-0.05, 0) is 13.3 Å². The second-order valence-corrected chi connectivity index (χ2v) is 2.28. The number of rotatable bonds is 6. The van der Waals surface area contributed by atoms with Crippen molar-refractivity contribution < 1.29 is 4.79 Å². The minimum absolute atomic E-state index is 0.391. The fourth-order valence-corrected chi connectivity index (χ4v) is 0.418. The number of nitrogens with zero attached hydrogens (tertiary/aromatic N) is 1. The Morgan fingerprint density at radius 1 is 1.64 bits per heavy atom. The zero-order valence-electron chi connectivity index (χ0n) is 7.00. The zero-order chi connectivity index (χ0) is 8.53. The van der Waals surface area contributed by atoms with E-state index < -0.39 is 0 Å². The van der Waals surface area contributed by atoms with Crippen molar-refractivity contribution in [2.45, 2.75) is 26.3 Å².